The highest BCUT2D eigenvalue weighted by Crippen LogP contribution is 2.24. The van der Waals surface area contributed by atoms with Crippen LogP contribution in [0.1, 0.15) is 18.4 Å². The van der Waals surface area contributed by atoms with Crippen LogP contribution in [-0.2, 0) is 0 Å². The average Bonchev–Trinajstić information content (AvgIpc) is 2.50. The molecule has 0 N–H and O–H groups in total. The largest absolute Gasteiger partial charge is 0.369 e. The molecule has 0 amide bonds. The summed E-state index contributed by atoms with van der Waals surface area (Å²) in [5, 5.41) is 0. The summed E-state index contributed by atoms with van der Waals surface area (Å²) in [6.07, 6.45) is 0. The van der Waals surface area contributed by atoms with Gasteiger partial charge in [-0.2, -0.15) is 12.6 Å². The fourth-order valence-electron chi connectivity index (χ4n) is 2.37. The molecule has 2 aromatic carbocycles. The second-order valence-corrected chi connectivity index (χ2v) is 5.15. The highest BCUT2D eigenvalue weighted by molar-refractivity contribution is 7.80. The lowest BCUT2D eigenvalue weighted by atomic mass is 10.00. The molecule has 0 bridgehead atoms. The molecule has 0 saturated heterocycles. The van der Waals surface area contributed by atoms with Gasteiger partial charge in [0.1, 0.15) is 5.82 Å². The molecule has 20 heavy (non-hydrogen) atoms. The average molecular weight is 289 g/mol. The molecular weight excluding hydrogens is 269 g/mol. The highest BCUT2D eigenvalue weighted by Gasteiger charge is 2.16. The molecule has 1 atom stereocenters. The Bertz CT molecular complexity index is 530. The monoisotopic (exact) mass is 289 g/mol. The zero-order valence-electron chi connectivity index (χ0n) is 11.7. The molecule has 0 spiro atoms. The van der Waals surface area contributed by atoms with Crippen molar-refractivity contribution in [3.8, 4) is 0 Å². The summed E-state index contributed by atoms with van der Waals surface area (Å²) in [5.41, 5.74) is 1.91. The van der Waals surface area contributed by atoms with Crippen molar-refractivity contribution in [3.05, 3.63) is 66.0 Å². The van der Waals surface area contributed by atoms with Gasteiger partial charge in [-0.15, -0.1) is 0 Å². The number of rotatable bonds is 6. The van der Waals surface area contributed by atoms with E-state index in [1.807, 2.05) is 37.3 Å². The van der Waals surface area contributed by atoms with Gasteiger partial charge in [0.25, 0.3) is 0 Å². The van der Waals surface area contributed by atoms with E-state index in [1.165, 1.54) is 11.6 Å². The van der Waals surface area contributed by atoms with Gasteiger partial charge in [0.05, 0.1) is 5.69 Å². The van der Waals surface area contributed by atoms with Gasteiger partial charge in [0, 0.05) is 19.0 Å². The second-order valence-electron chi connectivity index (χ2n) is 4.78. The lowest BCUT2D eigenvalue weighted by Crippen LogP contribution is -2.29. The summed E-state index contributed by atoms with van der Waals surface area (Å²) in [7, 11) is 0. The molecule has 0 fully saturated rings. The zero-order valence-corrected chi connectivity index (χ0v) is 12.6. The van der Waals surface area contributed by atoms with Gasteiger partial charge in [-0.05, 0) is 30.4 Å². The van der Waals surface area contributed by atoms with Crippen molar-refractivity contribution < 1.29 is 4.39 Å². The van der Waals surface area contributed by atoms with Gasteiger partial charge >= 0.3 is 0 Å². The molecule has 1 unspecified atom stereocenters. The van der Waals surface area contributed by atoms with Crippen LogP contribution in [-0.4, -0.2) is 18.8 Å². The molecule has 0 radical (unpaired) electrons. The van der Waals surface area contributed by atoms with Crippen molar-refractivity contribution in [2.45, 2.75) is 12.8 Å². The lowest BCUT2D eigenvalue weighted by molar-refractivity contribution is 0.611. The Kier molecular flexibility index (Phi) is 5.48. The first kappa shape index (κ1) is 14.9. The predicted octanol–water partition coefficient (Wildman–Crippen LogP) is 4.37. The van der Waals surface area contributed by atoms with Gasteiger partial charge in [-0.3, -0.25) is 0 Å². The van der Waals surface area contributed by atoms with Crippen LogP contribution in [0.15, 0.2) is 54.6 Å². The minimum Gasteiger partial charge on any atom is -0.369 e. The first-order valence-corrected chi connectivity index (χ1v) is 7.54. The van der Waals surface area contributed by atoms with Gasteiger partial charge in [0.15, 0.2) is 0 Å². The fourth-order valence-corrected chi connectivity index (χ4v) is 2.69. The molecule has 106 valence electrons. The van der Waals surface area contributed by atoms with E-state index in [0.29, 0.717) is 11.6 Å². The number of nitrogens with zero attached hydrogens (tertiary/aromatic N) is 1. The van der Waals surface area contributed by atoms with Crippen molar-refractivity contribution in [1.82, 2.24) is 0 Å². The van der Waals surface area contributed by atoms with E-state index in [2.05, 4.69) is 29.7 Å². The smallest absolute Gasteiger partial charge is 0.146 e. The van der Waals surface area contributed by atoms with E-state index >= 15 is 0 Å². The van der Waals surface area contributed by atoms with E-state index in [-0.39, 0.29) is 5.82 Å². The number of hydrogen-bond donors (Lipinski definition) is 1. The maximum Gasteiger partial charge on any atom is 0.146 e. The van der Waals surface area contributed by atoms with E-state index < -0.39 is 0 Å². The van der Waals surface area contributed by atoms with Crippen molar-refractivity contribution in [2.24, 2.45) is 0 Å². The first-order chi connectivity index (χ1) is 9.76. The van der Waals surface area contributed by atoms with Gasteiger partial charge in [-0.25, -0.2) is 4.39 Å². The Morgan fingerprint density at radius 3 is 2.30 bits per heavy atom. The number of benzene rings is 2. The molecule has 0 aliphatic carbocycles. The van der Waals surface area contributed by atoms with E-state index in [4.69, 9.17) is 0 Å². The third kappa shape index (κ3) is 3.54. The minimum atomic E-state index is -0.166. The number of anilines is 1. The molecule has 1 nitrogen and oxygen atoms in total. The molecule has 0 aliphatic rings. The molecule has 2 rings (SSSR count). The summed E-state index contributed by atoms with van der Waals surface area (Å²) in [6.45, 7) is 3.59. The molecule has 0 aliphatic heterocycles. The number of halogens is 1. The van der Waals surface area contributed by atoms with Crippen LogP contribution in [0.25, 0.3) is 0 Å². The standard InChI is InChI=1S/C17H20FNS/c1-2-19(17-11-7-6-10-16(17)18)12-15(13-20)14-8-4-3-5-9-14/h3-11,15,20H,2,12-13H2,1H3. The van der Waals surface area contributed by atoms with Crippen LogP contribution in [0.2, 0.25) is 0 Å². The number of thiol groups is 1. The molecule has 3 heteroatoms. The maximum absolute atomic E-state index is 13.9. The Hall–Kier alpha value is -1.48. The Labute approximate surface area is 125 Å². The summed E-state index contributed by atoms with van der Waals surface area (Å²) in [6, 6.07) is 17.2. The summed E-state index contributed by atoms with van der Waals surface area (Å²) >= 11 is 4.46. The van der Waals surface area contributed by atoms with E-state index in [0.717, 1.165) is 18.8 Å². The lowest BCUT2D eigenvalue weighted by Gasteiger charge is -2.28. The molecule has 2 aromatic rings. The molecule has 0 saturated carbocycles. The van der Waals surface area contributed by atoms with Crippen LogP contribution in [0.4, 0.5) is 10.1 Å². The van der Waals surface area contributed by atoms with Crippen LogP contribution in [0, 0.1) is 5.82 Å². The van der Waals surface area contributed by atoms with E-state index in [9.17, 15) is 4.39 Å². The van der Waals surface area contributed by atoms with Crippen molar-refractivity contribution in [3.63, 3.8) is 0 Å². The van der Waals surface area contributed by atoms with Crippen LogP contribution < -0.4 is 4.90 Å². The molecule has 0 aromatic heterocycles. The quantitative estimate of drug-likeness (QED) is 0.773. The Balaban J connectivity index is 2.19. The predicted molar refractivity (Wildman–Crippen MR) is 87.3 cm³/mol. The number of para-hydroxylation sites is 1. The third-order valence-corrected chi connectivity index (χ3v) is 3.95. The van der Waals surface area contributed by atoms with Gasteiger partial charge in [0.2, 0.25) is 0 Å². The SMILES string of the molecule is CCN(CC(CS)c1ccccc1)c1ccccc1F. The number of likely N-dealkylation sites (N-methyl/N-ethyl adjacent to an activating group) is 1. The topological polar surface area (TPSA) is 3.24 Å². The summed E-state index contributed by atoms with van der Waals surface area (Å²) in [4.78, 5) is 2.07. The van der Waals surface area contributed by atoms with Crippen LogP contribution in [0.3, 0.4) is 0 Å². The van der Waals surface area contributed by atoms with Crippen LogP contribution >= 0.6 is 12.6 Å². The minimum absolute atomic E-state index is 0.166. The van der Waals surface area contributed by atoms with Crippen molar-refractivity contribution in [2.75, 3.05) is 23.7 Å². The third-order valence-electron chi connectivity index (χ3n) is 3.51. The summed E-state index contributed by atoms with van der Waals surface area (Å²) < 4.78 is 13.9. The summed E-state index contributed by atoms with van der Waals surface area (Å²) in [5.74, 6) is 0.869. The second kappa shape index (κ2) is 7.34. The molecule has 0 heterocycles. The fraction of sp³-hybridized carbons (Fsp3) is 0.294. The van der Waals surface area contributed by atoms with Crippen LogP contribution in [0.5, 0.6) is 0 Å². The Morgan fingerprint density at radius 1 is 1.05 bits per heavy atom. The zero-order chi connectivity index (χ0) is 14.4. The maximum atomic E-state index is 13.9. The van der Waals surface area contributed by atoms with Crippen molar-refractivity contribution in [1.29, 1.82) is 0 Å². The number of hydrogen-bond acceptors (Lipinski definition) is 2. The van der Waals surface area contributed by atoms with Crippen molar-refractivity contribution >= 4 is 18.3 Å². The first-order valence-electron chi connectivity index (χ1n) is 6.91. The molecular formula is C17H20FNS. The normalized spacial score (nSPS) is 12.2. The van der Waals surface area contributed by atoms with Gasteiger partial charge < -0.3 is 4.90 Å². The van der Waals surface area contributed by atoms with E-state index in [1.54, 1.807) is 6.07 Å². The highest BCUT2D eigenvalue weighted by atomic mass is 32.1. The Morgan fingerprint density at radius 2 is 1.70 bits per heavy atom. The van der Waals surface area contributed by atoms with Gasteiger partial charge in [-0.1, -0.05) is 42.5 Å².